The third-order valence-corrected chi connectivity index (χ3v) is 3.97. The van der Waals surface area contributed by atoms with Crippen molar-refractivity contribution >= 4 is 11.6 Å². The minimum absolute atomic E-state index is 0.304. The third-order valence-electron chi connectivity index (χ3n) is 3.97. The molecule has 0 aliphatic rings. The van der Waals surface area contributed by atoms with Gasteiger partial charge in [-0.3, -0.25) is 0 Å². The SMILES string of the molecule is Cc1ccc(-n2cccc2/C=C(/C#N)c2ccccc2F)c(C)c1. The second-order valence-corrected chi connectivity index (χ2v) is 5.74. The monoisotopic (exact) mass is 316 g/mol. The lowest BCUT2D eigenvalue weighted by molar-refractivity contribution is 0.624. The molecule has 0 N–H and O–H groups in total. The highest BCUT2D eigenvalue weighted by atomic mass is 19.1. The van der Waals surface area contributed by atoms with E-state index in [0.29, 0.717) is 11.1 Å². The summed E-state index contributed by atoms with van der Waals surface area (Å²) in [5.74, 6) is -0.394. The molecule has 0 aliphatic heterocycles. The van der Waals surface area contributed by atoms with Crippen molar-refractivity contribution < 1.29 is 4.39 Å². The normalized spacial score (nSPS) is 11.3. The Bertz CT molecular complexity index is 958. The van der Waals surface area contributed by atoms with Gasteiger partial charge in [0.2, 0.25) is 0 Å². The second kappa shape index (κ2) is 6.55. The smallest absolute Gasteiger partial charge is 0.131 e. The fourth-order valence-electron chi connectivity index (χ4n) is 2.80. The number of rotatable bonds is 3. The van der Waals surface area contributed by atoms with Crippen molar-refractivity contribution in [3.05, 3.63) is 89.0 Å². The van der Waals surface area contributed by atoms with E-state index in [2.05, 4.69) is 38.1 Å². The molecule has 1 aromatic heterocycles. The predicted molar refractivity (Wildman–Crippen MR) is 95.1 cm³/mol. The molecule has 0 saturated heterocycles. The maximum atomic E-state index is 14.0. The van der Waals surface area contributed by atoms with Crippen LogP contribution in [0.3, 0.4) is 0 Å². The Kier molecular flexibility index (Phi) is 4.31. The maximum absolute atomic E-state index is 14.0. The molecule has 0 amide bonds. The predicted octanol–water partition coefficient (Wildman–Crippen LogP) is 5.30. The molecule has 0 bridgehead atoms. The zero-order valence-corrected chi connectivity index (χ0v) is 13.6. The summed E-state index contributed by atoms with van der Waals surface area (Å²) < 4.78 is 16.0. The summed E-state index contributed by atoms with van der Waals surface area (Å²) in [5.41, 5.74) is 4.84. The van der Waals surface area contributed by atoms with Crippen molar-refractivity contribution in [2.24, 2.45) is 0 Å². The van der Waals surface area contributed by atoms with Crippen molar-refractivity contribution in [1.29, 1.82) is 5.26 Å². The summed E-state index contributed by atoms with van der Waals surface area (Å²) in [4.78, 5) is 0. The van der Waals surface area contributed by atoms with Gasteiger partial charge in [0.15, 0.2) is 0 Å². The zero-order valence-electron chi connectivity index (χ0n) is 13.6. The summed E-state index contributed by atoms with van der Waals surface area (Å²) in [5, 5.41) is 9.46. The summed E-state index contributed by atoms with van der Waals surface area (Å²) in [6, 6.07) is 18.5. The van der Waals surface area contributed by atoms with Crippen LogP contribution in [0.25, 0.3) is 17.3 Å². The largest absolute Gasteiger partial charge is 0.317 e. The number of nitrogens with zero attached hydrogens (tertiary/aromatic N) is 2. The zero-order chi connectivity index (χ0) is 17.1. The first-order valence-corrected chi connectivity index (χ1v) is 7.72. The lowest BCUT2D eigenvalue weighted by atomic mass is 10.1. The molecule has 0 saturated carbocycles. The number of allylic oxidation sites excluding steroid dienone is 1. The molecule has 0 fully saturated rings. The highest BCUT2D eigenvalue weighted by Crippen LogP contribution is 2.24. The van der Waals surface area contributed by atoms with Crippen LogP contribution in [0.4, 0.5) is 4.39 Å². The van der Waals surface area contributed by atoms with Crippen LogP contribution in [0.1, 0.15) is 22.4 Å². The molecule has 118 valence electrons. The van der Waals surface area contributed by atoms with Crippen LogP contribution in [0.5, 0.6) is 0 Å². The van der Waals surface area contributed by atoms with Gasteiger partial charge >= 0.3 is 0 Å². The van der Waals surface area contributed by atoms with Gasteiger partial charge in [-0.15, -0.1) is 0 Å². The van der Waals surface area contributed by atoms with Crippen molar-refractivity contribution in [3.8, 4) is 11.8 Å². The number of aromatic nitrogens is 1. The molecule has 2 nitrogen and oxygen atoms in total. The van der Waals surface area contributed by atoms with E-state index in [0.717, 1.165) is 16.9 Å². The second-order valence-electron chi connectivity index (χ2n) is 5.74. The van der Waals surface area contributed by atoms with E-state index in [1.54, 1.807) is 24.3 Å². The van der Waals surface area contributed by atoms with Gasteiger partial charge in [0.25, 0.3) is 0 Å². The first-order valence-electron chi connectivity index (χ1n) is 7.72. The molecule has 24 heavy (non-hydrogen) atoms. The van der Waals surface area contributed by atoms with E-state index in [4.69, 9.17) is 0 Å². The van der Waals surface area contributed by atoms with Crippen LogP contribution in [0.2, 0.25) is 0 Å². The van der Waals surface area contributed by atoms with Gasteiger partial charge in [-0.05, 0) is 49.8 Å². The van der Waals surface area contributed by atoms with Crippen LogP contribution in [-0.4, -0.2) is 4.57 Å². The number of benzene rings is 2. The Labute approximate surface area is 141 Å². The average Bonchev–Trinajstić information content (AvgIpc) is 3.01. The molecule has 0 radical (unpaired) electrons. The lowest BCUT2D eigenvalue weighted by Gasteiger charge is -2.11. The van der Waals surface area contributed by atoms with Gasteiger partial charge in [0, 0.05) is 23.1 Å². The Balaban J connectivity index is 2.10. The lowest BCUT2D eigenvalue weighted by Crippen LogP contribution is -1.98. The summed E-state index contributed by atoms with van der Waals surface area (Å²) in [6.45, 7) is 4.11. The van der Waals surface area contributed by atoms with Crippen molar-refractivity contribution in [2.75, 3.05) is 0 Å². The molecule has 3 rings (SSSR count). The fourth-order valence-corrected chi connectivity index (χ4v) is 2.80. The van der Waals surface area contributed by atoms with Crippen molar-refractivity contribution in [1.82, 2.24) is 4.57 Å². The third kappa shape index (κ3) is 3.00. The number of halogens is 1. The van der Waals surface area contributed by atoms with Crippen LogP contribution in [-0.2, 0) is 0 Å². The minimum atomic E-state index is -0.394. The molecule has 3 heteroatoms. The van der Waals surface area contributed by atoms with Gasteiger partial charge in [-0.1, -0.05) is 35.9 Å². The molecule has 0 aliphatic carbocycles. The van der Waals surface area contributed by atoms with E-state index in [-0.39, 0.29) is 0 Å². The van der Waals surface area contributed by atoms with E-state index in [1.807, 2.05) is 22.9 Å². The highest BCUT2D eigenvalue weighted by molar-refractivity contribution is 5.89. The number of hydrogen-bond acceptors (Lipinski definition) is 1. The first kappa shape index (κ1) is 15.8. The quantitative estimate of drug-likeness (QED) is 0.603. The van der Waals surface area contributed by atoms with Gasteiger partial charge in [0.05, 0.1) is 11.6 Å². The number of aryl methyl sites for hydroxylation is 2. The molecular formula is C21H17FN2. The summed E-state index contributed by atoms with van der Waals surface area (Å²) in [7, 11) is 0. The van der Waals surface area contributed by atoms with Crippen LogP contribution >= 0.6 is 0 Å². The maximum Gasteiger partial charge on any atom is 0.131 e. The Morgan fingerprint density at radius 3 is 2.58 bits per heavy atom. The van der Waals surface area contributed by atoms with E-state index < -0.39 is 5.82 Å². The first-order chi connectivity index (χ1) is 11.6. The summed E-state index contributed by atoms with van der Waals surface area (Å²) in [6.07, 6.45) is 3.66. The van der Waals surface area contributed by atoms with E-state index in [9.17, 15) is 9.65 Å². The molecule has 0 atom stereocenters. The minimum Gasteiger partial charge on any atom is -0.317 e. The summed E-state index contributed by atoms with van der Waals surface area (Å²) >= 11 is 0. The van der Waals surface area contributed by atoms with E-state index in [1.165, 1.54) is 11.6 Å². The Morgan fingerprint density at radius 1 is 1.08 bits per heavy atom. The molecular weight excluding hydrogens is 299 g/mol. The Morgan fingerprint density at radius 2 is 1.88 bits per heavy atom. The number of hydrogen-bond donors (Lipinski definition) is 0. The van der Waals surface area contributed by atoms with Crippen molar-refractivity contribution in [3.63, 3.8) is 0 Å². The van der Waals surface area contributed by atoms with Gasteiger partial charge in [-0.2, -0.15) is 5.26 Å². The average molecular weight is 316 g/mol. The molecule has 0 unspecified atom stereocenters. The van der Waals surface area contributed by atoms with Crippen molar-refractivity contribution in [2.45, 2.75) is 13.8 Å². The van der Waals surface area contributed by atoms with Crippen LogP contribution < -0.4 is 0 Å². The molecule has 3 aromatic rings. The topological polar surface area (TPSA) is 28.7 Å². The van der Waals surface area contributed by atoms with Gasteiger partial charge in [-0.25, -0.2) is 4.39 Å². The molecule has 2 aromatic carbocycles. The number of nitriles is 1. The van der Waals surface area contributed by atoms with Crippen LogP contribution in [0, 0.1) is 31.0 Å². The van der Waals surface area contributed by atoms with Gasteiger partial charge in [0.1, 0.15) is 5.82 Å². The van der Waals surface area contributed by atoms with Gasteiger partial charge < -0.3 is 4.57 Å². The van der Waals surface area contributed by atoms with E-state index >= 15 is 0 Å². The highest BCUT2D eigenvalue weighted by Gasteiger charge is 2.10. The molecule has 1 heterocycles. The standard InChI is InChI=1S/C21H17FN2/c1-15-9-10-21(16(2)12-15)24-11-5-6-18(24)13-17(14-23)19-7-3-4-8-20(19)22/h3-13H,1-2H3/b17-13-. The molecule has 0 spiro atoms. The van der Waals surface area contributed by atoms with Crippen LogP contribution in [0.15, 0.2) is 60.8 Å². The fraction of sp³-hybridized carbons (Fsp3) is 0.0952. The Hall–Kier alpha value is -3.12.